The van der Waals surface area contributed by atoms with Crippen LogP contribution in [0.2, 0.25) is 0 Å². The lowest BCUT2D eigenvalue weighted by Gasteiger charge is -2.15. The van der Waals surface area contributed by atoms with E-state index < -0.39 is 0 Å². The minimum atomic E-state index is -0.0950. The zero-order valence-corrected chi connectivity index (χ0v) is 15.8. The third-order valence-electron chi connectivity index (χ3n) is 4.07. The Kier molecular flexibility index (Phi) is 5.45. The molecule has 0 unspecified atom stereocenters. The van der Waals surface area contributed by atoms with Gasteiger partial charge >= 0.3 is 0 Å². The van der Waals surface area contributed by atoms with Gasteiger partial charge in [-0.1, -0.05) is 37.3 Å². The minimum Gasteiger partial charge on any atom is -0.348 e. The summed E-state index contributed by atoms with van der Waals surface area (Å²) in [4.78, 5) is 13.5. The normalized spacial score (nSPS) is 12.1. The van der Waals surface area contributed by atoms with Gasteiger partial charge in [-0.2, -0.15) is 5.10 Å². The molecule has 3 aromatic rings. The Labute approximate surface area is 155 Å². The second kappa shape index (κ2) is 7.76. The van der Waals surface area contributed by atoms with Crippen molar-refractivity contribution in [2.75, 3.05) is 0 Å². The molecule has 7 heteroatoms. The number of aromatic nitrogens is 3. The van der Waals surface area contributed by atoms with E-state index in [0.717, 1.165) is 16.9 Å². The van der Waals surface area contributed by atoms with Crippen LogP contribution in [0.4, 0.5) is 0 Å². The largest absolute Gasteiger partial charge is 0.348 e. The molecular formula is C18H20N4OS2. The van der Waals surface area contributed by atoms with Crippen LogP contribution < -0.4 is 5.32 Å². The first kappa shape index (κ1) is 17.6. The molecule has 0 saturated heterocycles. The predicted molar refractivity (Wildman–Crippen MR) is 103 cm³/mol. The molecular weight excluding hydrogens is 352 g/mol. The first-order valence-electron chi connectivity index (χ1n) is 8.15. The fourth-order valence-corrected chi connectivity index (χ4v) is 3.53. The van der Waals surface area contributed by atoms with Crippen molar-refractivity contribution in [2.24, 2.45) is 0 Å². The molecule has 3 rings (SSSR count). The van der Waals surface area contributed by atoms with E-state index in [9.17, 15) is 4.79 Å². The number of benzene rings is 1. The first-order valence-corrected chi connectivity index (χ1v) is 9.44. The lowest BCUT2D eigenvalue weighted by molar-refractivity contribution is -0.122. The molecule has 0 aliphatic rings. The van der Waals surface area contributed by atoms with Crippen molar-refractivity contribution >= 4 is 29.5 Å². The molecule has 1 aromatic carbocycles. The number of amides is 1. The fraction of sp³-hybridized carbons (Fsp3) is 0.278. The number of carbonyl (C=O) groups is 1. The highest BCUT2D eigenvalue weighted by Crippen LogP contribution is 2.22. The number of hydrogen-bond acceptors (Lipinski definition) is 4. The summed E-state index contributed by atoms with van der Waals surface area (Å²) in [6, 6.07) is 12.2. The maximum Gasteiger partial charge on any atom is 0.240 e. The zero-order valence-electron chi connectivity index (χ0n) is 14.2. The van der Waals surface area contributed by atoms with Crippen LogP contribution >= 0.6 is 23.6 Å². The van der Waals surface area contributed by atoms with Gasteiger partial charge in [-0.3, -0.25) is 14.5 Å². The van der Waals surface area contributed by atoms with Crippen LogP contribution in [0.3, 0.4) is 0 Å². The maximum absolute atomic E-state index is 12.5. The van der Waals surface area contributed by atoms with Crippen molar-refractivity contribution in [3.05, 3.63) is 57.7 Å². The van der Waals surface area contributed by atoms with Gasteiger partial charge in [0.05, 0.1) is 10.9 Å². The smallest absolute Gasteiger partial charge is 0.240 e. The van der Waals surface area contributed by atoms with E-state index in [-0.39, 0.29) is 18.5 Å². The lowest BCUT2D eigenvalue weighted by atomic mass is 10.1. The number of nitrogens with one attached hydrogen (secondary N) is 2. The number of carbonyl (C=O) groups excluding carboxylic acids is 1. The Morgan fingerprint density at radius 1 is 1.36 bits per heavy atom. The molecule has 0 fully saturated rings. The van der Waals surface area contributed by atoms with Crippen molar-refractivity contribution in [3.63, 3.8) is 0 Å². The Bertz CT molecular complexity index is 894. The van der Waals surface area contributed by atoms with E-state index in [1.165, 1.54) is 5.56 Å². The molecule has 0 radical (unpaired) electrons. The molecule has 1 amide bonds. The lowest BCUT2D eigenvalue weighted by Crippen LogP contribution is -2.30. The van der Waals surface area contributed by atoms with Gasteiger partial charge in [0.1, 0.15) is 6.54 Å². The Hall–Kier alpha value is -2.25. The molecule has 130 valence electrons. The van der Waals surface area contributed by atoms with Crippen LogP contribution in [0, 0.1) is 4.77 Å². The van der Waals surface area contributed by atoms with Gasteiger partial charge in [-0.15, -0.1) is 11.3 Å². The average Bonchev–Trinajstić information content (AvgIpc) is 3.25. The summed E-state index contributed by atoms with van der Waals surface area (Å²) < 4.78 is 2.17. The summed E-state index contributed by atoms with van der Waals surface area (Å²) in [5, 5.41) is 12.0. The van der Waals surface area contributed by atoms with Gasteiger partial charge in [-0.05, 0) is 48.1 Å². The van der Waals surface area contributed by atoms with Gasteiger partial charge in [0, 0.05) is 0 Å². The van der Waals surface area contributed by atoms with Crippen molar-refractivity contribution < 1.29 is 4.79 Å². The van der Waals surface area contributed by atoms with Crippen LogP contribution in [0.15, 0.2) is 41.8 Å². The predicted octanol–water partition coefficient (Wildman–Crippen LogP) is 4.11. The van der Waals surface area contributed by atoms with Gasteiger partial charge in [-0.25, -0.2) is 0 Å². The summed E-state index contributed by atoms with van der Waals surface area (Å²) in [6.45, 7) is 4.24. The van der Waals surface area contributed by atoms with Gasteiger partial charge in [0.2, 0.25) is 5.91 Å². The summed E-state index contributed by atoms with van der Waals surface area (Å²) >= 11 is 6.83. The van der Waals surface area contributed by atoms with Crippen LogP contribution in [-0.4, -0.2) is 20.7 Å². The van der Waals surface area contributed by atoms with E-state index in [2.05, 4.69) is 46.7 Å². The molecule has 0 saturated carbocycles. The van der Waals surface area contributed by atoms with E-state index in [4.69, 9.17) is 12.2 Å². The van der Waals surface area contributed by atoms with Crippen LogP contribution in [0.1, 0.15) is 31.0 Å². The van der Waals surface area contributed by atoms with Crippen LogP contribution in [0.25, 0.3) is 10.7 Å². The highest BCUT2D eigenvalue weighted by atomic mass is 32.1. The minimum absolute atomic E-state index is 0.0651. The van der Waals surface area contributed by atoms with Gasteiger partial charge in [0.25, 0.3) is 0 Å². The van der Waals surface area contributed by atoms with Gasteiger partial charge < -0.3 is 5.32 Å². The maximum atomic E-state index is 12.5. The Morgan fingerprint density at radius 3 is 2.76 bits per heavy atom. The highest BCUT2D eigenvalue weighted by molar-refractivity contribution is 7.71. The number of H-pyrrole nitrogens is 1. The number of thiophene rings is 1. The summed E-state index contributed by atoms with van der Waals surface area (Å²) in [5.41, 5.74) is 2.37. The van der Waals surface area contributed by atoms with Crippen molar-refractivity contribution in [3.8, 4) is 10.7 Å². The van der Waals surface area contributed by atoms with Crippen molar-refractivity contribution in [1.82, 2.24) is 20.1 Å². The van der Waals surface area contributed by atoms with E-state index >= 15 is 0 Å². The second-order valence-electron chi connectivity index (χ2n) is 5.80. The number of hydrogen-bond donors (Lipinski definition) is 2. The topological polar surface area (TPSA) is 62.7 Å². The molecule has 5 nitrogen and oxygen atoms in total. The molecule has 25 heavy (non-hydrogen) atoms. The van der Waals surface area contributed by atoms with E-state index in [1.54, 1.807) is 15.9 Å². The van der Waals surface area contributed by atoms with E-state index in [1.807, 2.05) is 24.4 Å². The number of aromatic amines is 1. The Morgan fingerprint density at radius 2 is 2.12 bits per heavy atom. The summed E-state index contributed by atoms with van der Waals surface area (Å²) in [5.74, 6) is 0.595. The molecule has 2 N–H and O–H groups in total. The Balaban J connectivity index is 1.70. The molecule has 0 aliphatic heterocycles. The molecule has 0 spiro atoms. The molecule has 2 heterocycles. The standard InChI is InChI=1S/C18H20N4OS2/c1-3-13-6-8-14(9-7-13)12(2)19-16(23)11-22-17(20-21-18(22)24)15-5-4-10-25-15/h4-10,12H,3,11H2,1-2H3,(H,19,23)(H,21,24)/t12-/m1/s1. The zero-order chi connectivity index (χ0) is 17.8. The highest BCUT2D eigenvalue weighted by Gasteiger charge is 2.15. The quantitative estimate of drug-likeness (QED) is 0.640. The molecule has 2 aromatic heterocycles. The summed E-state index contributed by atoms with van der Waals surface area (Å²) in [7, 11) is 0. The third kappa shape index (κ3) is 4.05. The number of rotatable bonds is 6. The van der Waals surface area contributed by atoms with Crippen molar-refractivity contribution in [2.45, 2.75) is 32.9 Å². The van der Waals surface area contributed by atoms with Gasteiger partial charge in [0.15, 0.2) is 10.6 Å². The van der Waals surface area contributed by atoms with Crippen LogP contribution in [-0.2, 0) is 17.8 Å². The van der Waals surface area contributed by atoms with E-state index in [0.29, 0.717) is 10.6 Å². The molecule has 1 atom stereocenters. The first-order chi connectivity index (χ1) is 12.1. The summed E-state index contributed by atoms with van der Waals surface area (Å²) in [6.07, 6.45) is 1.01. The monoisotopic (exact) mass is 372 g/mol. The van der Waals surface area contributed by atoms with Crippen LogP contribution in [0.5, 0.6) is 0 Å². The van der Waals surface area contributed by atoms with Crippen molar-refractivity contribution in [1.29, 1.82) is 0 Å². The third-order valence-corrected chi connectivity index (χ3v) is 5.24. The SMILES string of the molecule is CCc1ccc([C@@H](C)NC(=O)Cn2c(-c3cccs3)n[nH]c2=S)cc1. The number of nitrogens with zero attached hydrogens (tertiary/aromatic N) is 2. The average molecular weight is 373 g/mol. The fourth-order valence-electron chi connectivity index (χ4n) is 2.61. The molecule has 0 bridgehead atoms. The number of aryl methyl sites for hydroxylation is 1. The second-order valence-corrected chi connectivity index (χ2v) is 7.13. The molecule has 0 aliphatic carbocycles.